The highest BCUT2D eigenvalue weighted by Crippen LogP contribution is 2.29. The van der Waals surface area contributed by atoms with Crippen LogP contribution in [0, 0.1) is 0 Å². The van der Waals surface area contributed by atoms with Gasteiger partial charge in [-0.15, -0.1) is 0 Å². The molecule has 2 amide bonds. The Morgan fingerprint density at radius 2 is 1.66 bits per heavy atom. The van der Waals surface area contributed by atoms with Crippen LogP contribution in [0.3, 0.4) is 0 Å². The summed E-state index contributed by atoms with van der Waals surface area (Å²) in [7, 11) is 0. The lowest BCUT2D eigenvalue weighted by atomic mass is 10.1. The van der Waals surface area contributed by atoms with Crippen molar-refractivity contribution >= 4 is 29.1 Å². The first-order valence-corrected chi connectivity index (χ1v) is 9.71. The Kier molecular flexibility index (Phi) is 6.99. The second kappa shape index (κ2) is 9.69. The standard InChI is InChI=1S/C22H17ClF3N3O3/c23-17-10-15(22(24,25)26)12-29(21(17)32)13-19(30)28-18-9-5-4-8-16(18)20(31)27-11-14-6-2-1-3-7-14/h1-10,12H,11,13H2,(H,27,31)(H,28,30). The topological polar surface area (TPSA) is 80.2 Å². The molecule has 0 unspecified atom stereocenters. The summed E-state index contributed by atoms with van der Waals surface area (Å²) < 4.78 is 39.5. The van der Waals surface area contributed by atoms with Crippen molar-refractivity contribution in [2.45, 2.75) is 19.3 Å². The molecule has 0 aliphatic heterocycles. The van der Waals surface area contributed by atoms with Gasteiger partial charge in [0.15, 0.2) is 0 Å². The number of carbonyl (C=O) groups is 2. The molecule has 0 bridgehead atoms. The van der Waals surface area contributed by atoms with E-state index in [0.717, 1.165) is 5.56 Å². The zero-order chi connectivity index (χ0) is 23.3. The molecular formula is C22H17ClF3N3O3. The number of aromatic nitrogens is 1. The molecule has 32 heavy (non-hydrogen) atoms. The van der Waals surface area contributed by atoms with E-state index in [4.69, 9.17) is 11.6 Å². The number of nitrogens with one attached hydrogen (secondary N) is 2. The van der Waals surface area contributed by atoms with E-state index in [1.54, 1.807) is 12.1 Å². The minimum absolute atomic E-state index is 0.147. The van der Waals surface area contributed by atoms with Gasteiger partial charge in [-0.25, -0.2) is 0 Å². The molecule has 3 aromatic rings. The fourth-order valence-corrected chi connectivity index (χ4v) is 3.11. The lowest BCUT2D eigenvalue weighted by Gasteiger charge is -2.14. The summed E-state index contributed by atoms with van der Waals surface area (Å²) in [6, 6.07) is 15.8. The van der Waals surface area contributed by atoms with Gasteiger partial charge in [-0.3, -0.25) is 14.4 Å². The number of halogens is 4. The molecule has 10 heteroatoms. The first-order valence-electron chi connectivity index (χ1n) is 9.33. The lowest BCUT2D eigenvalue weighted by Crippen LogP contribution is -2.30. The number of anilines is 1. The number of para-hydroxylation sites is 1. The lowest BCUT2D eigenvalue weighted by molar-refractivity contribution is -0.138. The second-order valence-electron chi connectivity index (χ2n) is 6.77. The highest BCUT2D eigenvalue weighted by Gasteiger charge is 2.32. The molecule has 2 N–H and O–H groups in total. The Bertz CT molecular complexity index is 1190. The Morgan fingerprint density at radius 1 is 1.00 bits per heavy atom. The van der Waals surface area contributed by atoms with Crippen molar-refractivity contribution in [3.8, 4) is 0 Å². The minimum atomic E-state index is -4.74. The summed E-state index contributed by atoms with van der Waals surface area (Å²) in [5, 5.41) is 4.53. The fourth-order valence-electron chi connectivity index (χ4n) is 2.88. The van der Waals surface area contributed by atoms with Gasteiger partial charge in [0, 0.05) is 12.7 Å². The molecular weight excluding hydrogens is 447 g/mol. The predicted octanol–water partition coefficient (Wildman–Crippen LogP) is 4.09. The Morgan fingerprint density at radius 3 is 2.34 bits per heavy atom. The van der Waals surface area contributed by atoms with Crippen molar-refractivity contribution in [2.75, 3.05) is 5.32 Å². The Labute approximate surface area is 185 Å². The highest BCUT2D eigenvalue weighted by atomic mass is 35.5. The van der Waals surface area contributed by atoms with Crippen LogP contribution in [0.1, 0.15) is 21.5 Å². The van der Waals surface area contributed by atoms with E-state index in [0.29, 0.717) is 16.8 Å². The van der Waals surface area contributed by atoms with Crippen LogP contribution >= 0.6 is 11.6 Å². The van der Waals surface area contributed by atoms with Crippen LogP contribution in [-0.4, -0.2) is 16.4 Å². The maximum atomic E-state index is 13.0. The minimum Gasteiger partial charge on any atom is -0.348 e. The summed E-state index contributed by atoms with van der Waals surface area (Å²) in [6.45, 7) is -0.456. The molecule has 1 aromatic heterocycles. The number of benzene rings is 2. The maximum Gasteiger partial charge on any atom is 0.417 e. The van der Waals surface area contributed by atoms with Crippen molar-refractivity contribution in [1.29, 1.82) is 0 Å². The summed E-state index contributed by atoms with van der Waals surface area (Å²) in [6.07, 6.45) is -4.22. The largest absolute Gasteiger partial charge is 0.417 e. The van der Waals surface area contributed by atoms with Gasteiger partial charge < -0.3 is 15.2 Å². The molecule has 3 rings (SSSR count). The van der Waals surface area contributed by atoms with Crippen molar-refractivity contribution in [2.24, 2.45) is 0 Å². The van der Waals surface area contributed by atoms with Crippen molar-refractivity contribution in [1.82, 2.24) is 9.88 Å². The van der Waals surface area contributed by atoms with Gasteiger partial charge in [0.2, 0.25) is 5.91 Å². The number of rotatable bonds is 6. The van der Waals surface area contributed by atoms with E-state index in [-0.39, 0.29) is 17.8 Å². The van der Waals surface area contributed by atoms with E-state index in [1.807, 2.05) is 30.3 Å². The maximum absolute atomic E-state index is 13.0. The molecule has 0 aliphatic carbocycles. The number of amides is 2. The quantitative estimate of drug-likeness (QED) is 0.578. The van der Waals surface area contributed by atoms with Crippen molar-refractivity contribution < 1.29 is 22.8 Å². The molecule has 0 radical (unpaired) electrons. The predicted molar refractivity (Wildman–Crippen MR) is 113 cm³/mol. The molecule has 0 spiro atoms. The summed E-state index contributed by atoms with van der Waals surface area (Å²) in [5.41, 5.74) is -0.914. The van der Waals surface area contributed by atoms with E-state index in [2.05, 4.69) is 10.6 Å². The van der Waals surface area contributed by atoms with Crippen LogP contribution in [0.4, 0.5) is 18.9 Å². The van der Waals surface area contributed by atoms with Crippen LogP contribution in [0.25, 0.3) is 0 Å². The van der Waals surface area contributed by atoms with Gasteiger partial charge in [0.1, 0.15) is 11.6 Å². The molecule has 2 aromatic carbocycles. The van der Waals surface area contributed by atoms with Gasteiger partial charge in [-0.2, -0.15) is 13.2 Å². The first kappa shape index (κ1) is 23.1. The number of hydrogen-bond acceptors (Lipinski definition) is 3. The normalized spacial score (nSPS) is 11.1. The number of pyridine rings is 1. The highest BCUT2D eigenvalue weighted by molar-refractivity contribution is 6.30. The Hall–Kier alpha value is -3.59. The third-order valence-electron chi connectivity index (χ3n) is 4.43. The fraction of sp³-hybridized carbons (Fsp3) is 0.136. The number of nitrogens with zero attached hydrogens (tertiary/aromatic N) is 1. The van der Waals surface area contributed by atoms with E-state index in [1.165, 1.54) is 12.1 Å². The molecule has 1 heterocycles. The average molecular weight is 464 g/mol. The van der Waals surface area contributed by atoms with Crippen LogP contribution in [-0.2, 0) is 24.1 Å². The van der Waals surface area contributed by atoms with E-state index >= 15 is 0 Å². The number of alkyl halides is 3. The monoisotopic (exact) mass is 463 g/mol. The molecule has 0 atom stereocenters. The van der Waals surface area contributed by atoms with Crippen LogP contribution in [0.2, 0.25) is 5.02 Å². The molecule has 0 aliphatic rings. The summed E-state index contributed by atoms with van der Waals surface area (Å²) in [5.74, 6) is -1.25. The molecule has 0 saturated heterocycles. The van der Waals surface area contributed by atoms with E-state index < -0.39 is 40.7 Å². The van der Waals surface area contributed by atoms with Gasteiger partial charge in [-0.05, 0) is 23.8 Å². The zero-order valence-electron chi connectivity index (χ0n) is 16.4. The third-order valence-corrected chi connectivity index (χ3v) is 4.70. The SMILES string of the molecule is O=C(Cn1cc(C(F)(F)F)cc(Cl)c1=O)Nc1ccccc1C(=O)NCc1ccccc1. The van der Waals surface area contributed by atoms with Crippen LogP contribution < -0.4 is 16.2 Å². The summed E-state index contributed by atoms with van der Waals surface area (Å²) >= 11 is 5.60. The molecule has 0 fully saturated rings. The molecule has 6 nitrogen and oxygen atoms in total. The van der Waals surface area contributed by atoms with Gasteiger partial charge in [-0.1, -0.05) is 54.1 Å². The van der Waals surface area contributed by atoms with Crippen LogP contribution in [0.15, 0.2) is 71.7 Å². The average Bonchev–Trinajstić information content (AvgIpc) is 2.75. The summed E-state index contributed by atoms with van der Waals surface area (Å²) in [4.78, 5) is 37.1. The smallest absolute Gasteiger partial charge is 0.348 e. The second-order valence-corrected chi connectivity index (χ2v) is 7.18. The van der Waals surface area contributed by atoms with Gasteiger partial charge >= 0.3 is 6.18 Å². The van der Waals surface area contributed by atoms with Gasteiger partial charge in [0.05, 0.1) is 16.8 Å². The van der Waals surface area contributed by atoms with Gasteiger partial charge in [0.25, 0.3) is 11.5 Å². The van der Waals surface area contributed by atoms with Crippen molar-refractivity contribution in [3.63, 3.8) is 0 Å². The van der Waals surface area contributed by atoms with Crippen molar-refractivity contribution in [3.05, 3.63) is 98.9 Å². The third kappa shape index (κ3) is 5.76. The van der Waals surface area contributed by atoms with E-state index in [9.17, 15) is 27.6 Å². The number of hydrogen-bond donors (Lipinski definition) is 2. The zero-order valence-corrected chi connectivity index (χ0v) is 17.2. The molecule has 166 valence electrons. The Balaban J connectivity index is 1.75. The van der Waals surface area contributed by atoms with Crippen LogP contribution in [0.5, 0.6) is 0 Å². The molecule has 0 saturated carbocycles. The number of carbonyl (C=O) groups excluding carboxylic acids is 2. The first-order chi connectivity index (χ1) is 15.1.